The van der Waals surface area contributed by atoms with E-state index in [1.807, 2.05) is 13.0 Å². The zero-order chi connectivity index (χ0) is 14.0. The normalized spacial score (nSPS) is 17.0. The van der Waals surface area contributed by atoms with Crippen LogP contribution in [0.4, 0.5) is 0 Å². The molecule has 0 unspecified atom stereocenters. The number of aryl methyl sites for hydroxylation is 1. The Morgan fingerprint density at radius 1 is 1.30 bits per heavy atom. The van der Waals surface area contributed by atoms with Crippen LogP contribution in [-0.2, 0) is 10.0 Å². The van der Waals surface area contributed by atoms with Gasteiger partial charge in [-0.15, -0.1) is 12.4 Å². The van der Waals surface area contributed by atoms with Gasteiger partial charge in [0, 0.05) is 17.6 Å². The maximum absolute atomic E-state index is 12.7. The Morgan fingerprint density at radius 2 is 1.90 bits per heavy atom. The van der Waals surface area contributed by atoms with Gasteiger partial charge in [-0.2, -0.15) is 4.31 Å². The highest BCUT2D eigenvalue weighted by molar-refractivity contribution is 9.10. The van der Waals surface area contributed by atoms with Crippen LogP contribution in [0.5, 0.6) is 0 Å². The van der Waals surface area contributed by atoms with Crippen LogP contribution in [-0.4, -0.2) is 38.9 Å². The number of halogens is 2. The Kier molecular flexibility index (Phi) is 6.47. The average molecular weight is 384 g/mol. The van der Waals surface area contributed by atoms with Crippen LogP contribution in [0.15, 0.2) is 27.6 Å². The van der Waals surface area contributed by atoms with E-state index in [4.69, 9.17) is 0 Å². The van der Waals surface area contributed by atoms with E-state index in [0.717, 1.165) is 31.5 Å². The fourth-order valence-corrected chi connectivity index (χ4v) is 4.75. The van der Waals surface area contributed by atoms with E-state index < -0.39 is 10.0 Å². The molecule has 0 spiro atoms. The minimum Gasteiger partial charge on any atom is -0.317 e. The highest BCUT2D eigenvalue weighted by atomic mass is 79.9. The van der Waals surface area contributed by atoms with Crippen molar-refractivity contribution in [1.29, 1.82) is 0 Å². The number of hydrogen-bond acceptors (Lipinski definition) is 3. The third-order valence-corrected chi connectivity index (χ3v) is 6.47. The Labute approximate surface area is 135 Å². The lowest BCUT2D eigenvalue weighted by Gasteiger charge is -2.31. The number of rotatable bonds is 3. The topological polar surface area (TPSA) is 49.4 Å². The summed E-state index contributed by atoms with van der Waals surface area (Å²) in [6.07, 6.45) is 1.72. The molecule has 20 heavy (non-hydrogen) atoms. The summed E-state index contributed by atoms with van der Waals surface area (Å²) in [5, 5.41) is 3.25. The lowest BCUT2D eigenvalue weighted by Crippen LogP contribution is -2.43. The van der Waals surface area contributed by atoms with Gasteiger partial charge in [0.15, 0.2) is 0 Å². The molecule has 1 fully saturated rings. The highest BCUT2D eigenvalue weighted by Gasteiger charge is 2.30. The van der Waals surface area contributed by atoms with Gasteiger partial charge in [-0.3, -0.25) is 0 Å². The third kappa shape index (κ3) is 3.74. The van der Waals surface area contributed by atoms with Gasteiger partial charge in [-0.25, -0.2) is 8.42 Å². The second-order valence-corrected chi connectivity index (χ2v) is 7.76. The lowest BCUT2D eigenvalue weighted by atomic mass is 10.1. The summed E-state index contributed by atoms with van der Waals surface area (Å²) >= 11 is 3.34. The van der Waals surface area contributed by atoms with Gasteiger partial charge in [0.25, 0.3) is 0 Å². The summed E-state index contributed by atoms with van der Waals surface area (Å²) in [6.45, 7) is 3.65. The summed E-state index contributed by atoms with van der Waals surface area (Å²) in [5.41, 5.74) is 0.945. The maximum Gasteiger partial charge on any atom is 0.244 e. The minimum atomic E-state index is -3.43. The standard InChI is InChI=1S/C13H19BrN2O2S.ClH/c1-10-3-4-12(14)13(9-10)19(17,18)16(2)11-5-7-15-8-6-11;/h3-4,9,11,15H,5-8H2,1-2H3;1H. The van der Waals surface area contributed by atoms with Crippen molar-refractivity contribution < 1.29 is 8.42 Å². The van der Waals surface area contributed by atoms with Crippen LogP contribution in [0.3, 0.4) is 0 Å². The number of piperidine rings is 1. The molecule has 1 aromatic rings. The van der Waals surface area contributed by atoms with Crippen molar-refractivity contribution in [2.24, 2.45) is 0 Å². The predicted molar refractivity (Wildman–Crippen MR) is 87.0 cm³/mol. The van der Waals surface area contributed by atoms with Crippen LogP contribution in [0.2, 0.25) is 0 Å². The fraction of sp³-hybridized carbons (Fsp3) is 0.538. The second-order valence-electron chi connectivity index (χ2n) is 4.94. The molecule has 1 aliphatic heterocycles. The molecule has 0 saturated carbocycles. The van der Waals surface area contributed by atoms with E-state index >= 15 is 0 Å². The van der Waals surface area contributed by atoms with Crippen LogP contribution in [0.25, 0.3) is 0 Å². The van der Waals surface area contributed by atoms with Crippen molar-refractivity contribution in [3.8, 4) is 0 Å². The van der Waals surface area contributed by atoms with E-state index in [9.17, 15) is 8.42 Å². The molecule has 7 heteroatoms. The molecule has 0 aromatic heterocycles. The summed E-state index contributed by atoms with van der Waals surface area (Å²) in [7, 11) is -1.75. The van der Waals surface area contributed by atoms with E-state index in [0.29, 0.717) is 9.37 Å². The Morgan fingerprint density at radius 3 is 2.50 bits per heavy atom. The summed E-state index contributed by atoms with van der Waals surface area (Å²) in [5.74, 6) is 0. The molecule has 0 aliphatic carbocycles. The SMILES string of the molecule is Cc1ccc(Br)c(S(=O)(=O)N(C)C2CCNCC2)c1.Cl. The Bertz CT molecular complexity index is 559. The number of nitrogens with one attached hydrogen (secondary N) is 1. The van der Waals surface area contributed by atoms with Gasteiger partial charge in [-0.1, -0.05) is 6.07 Å². The molecule has 2 rings (SSSR count). The molecule has 114 valence electrons. The van der Waals surface area contributed by atoms with E-state index in [1.54, 1.807) is 19.2 Å². The molecule has 0 atom stereocenters. The molecule has 1 saturated heterocycles. The summed E-state index contributed by atoms with van der Waals surface area (Å²) in [6, 6.07) is 5.49. The first-order valence-corrected chi connectivity index (χ1v) is 8.61. The van der Waals surface area contributed by atoms with Crippen molar-refractivity contribution in [1.82, 2.24) is 9.62 Å². The first-order valence-electron chi connectivity index (χ1n) is 6.38. The van der Waals surface area contributed by atoms with Crippen molar-refractivity contribution in [2.45, 2.75) is 30.7 Å². The highest BCUT2D eigenvalue weighted by Crippen LogP contribution is 2.27. The monoisotopic (exact) mass is 382 g/mol. The largest absolute Gasteiger partial charge is 0.317 e. The molecule has 0 bridgehead atoms. The fourth-order valence-electron chi connectivity index (χ4n) is 2.33. The molecule has 1 aliphatic rings. The van der Waals surface area contributed by atoms with Crippen molar-refractivity contribution in [3.05, 3.63) is 28.2 Å². The van der Waals surface area contributed by atoms with Gasteiger partial charge >= 0.3 is 0 Å². The van der Waals surface area contributed by atoms with Gasteiger partial charge in [0.1, 0.15) is 0 Å². The number of hydrogen-bond donors (Lipinski definition) is 1. The van der Waals surface area contributed by atoms with E-state index in [1.165, 1.54) is 4.31 Å². The van der Waals surface area contributed by atoms with Crippen molar-refractivity contribution >= 4 is 38.4 Å². The van der Waals surface area contributed by atoms with Crippen LogP contribution in [0.1, 0.15) is 18.4 Å². The maximum atomic E-state index is 12.7. The van der Waals surface area contributed by atoms with Gasteiger partial charge in [-0.05, 0) is 66.5 Å². The van der Waals surface area contributed by atoms with E-state index in [-0.39, 0.29) is 18.4 Å². The van der Waals surface area contributed by atoms with Crippen molar-refractivity contribution in [2.75, 3.05) is 20.1 Å². The quantitative estimate of drug-likeness (QED) is 0.872. The second kappa shape index (κ2) is 7.22. The molecule has 0 amide bonds. The smallest absolute Gasteiger partial charge is 0.244 e. The number of benzene rings is 1. The molecule has 0 radical (unpaired) electrons. The summed E-state index contributed by atoms with van der Waals surface area (Å²) < 4.78 is 27.5. The van der Waals surface area contributed by atoms with Gasteiger partial charge < -0.3 is 5.32 Å². The molecule has 1 N–H and O–H groups in total. The van der Waals surface area contributed by atoms with Gasteiger partial charge in [0.2, 0.25) is 10.0 Å². The Balaban J connectivity index is 0.00000200. The van der Waals surface area contributed by atoms with Crippen molar-refractivity contribution in [3.63, 3.8) is 0 Å². The molecular weight excluding hydrogens is 364 g/mol. The predicted octanol–water partition coefficient (Wildman–Crippen LogP) is 2.55. The van der Waals surface area contributed by atoms with Gasteiger partial charge in [0.05, 0.1) is 4.90 Å². The lowest BCUT2D eigenvalue weighted by molar-refractivity contribution is 0.296. The van der Waals surface area contributed by atoms with Crippen LogP contribution in [0, 0.1) is 6.92 Å². The Hall–Kier alpha value is -0.140. The van der Waals surface area contributed by atoms with E-state index in [2.05, 4.69) is 21.2 Å². The zero-order valence-corrected chi connectivity index (χ0v) is 14.8. The van der Waals surface area contributed by atoms with Crippen LogP contribution >= 0.6 is 28.3 Å². The number of nitrogens with zero attached hydrogens (tertiary/aromatic N) is 1. The summed E-state index contributed by atoms with van der Waals surface area (Å²) in [4.78, 5) is 0.355. The first-order chi connectivity index (χ1) is 8.93. The molecule has 4 nitrogen and oxygen atoms in total. The molecule has 1 heterocycles. The third-order valence-electron chi connectivity index (χ3n) is 3.57. The molecule has 1 aromatic carbocycles. The first kappa shape index (κ1) is 17.9. The minimum absolute atomic E-state index is 0. The van der Waals surface area contributed by atoms with Crippen LogP contribution < -0.4 is 5.32 Å². The zero-order valence-electron chi connectivity index (χ0n) is 11.6. The molecular formula is C13H20BrClN2O2S. The average Bonchev–Trinajstić information content (AvgIpc) is 2.41. The number of sulfonamides is 1.